The second kappa shape index (κ2) is 9.87. The van der Waals surface area contributed by atoms with E-state index in [1.807, 2.05) is 31.2 Å². The molecule has 0 aromatic heterocycles. The quantitative estimate of drug-likeness (QED) is 0.284. The molecule has 0 radical (unpaired) electrons. The van der Waals surface area contributed by atoms with E-state index in [9.17, 15) is 15.3 Å². The summed E-state index contributed by atoms with van der Waals surface area (Å²) < 4.78 is 0. The standard InChI is InChI=1S/C32H34O3/c1-19-14-26(22(4)30(21(19)3)16-24-6-10-28(33)11-7-24)18-27-15-20(2)32(35)31(23(27)5)17-25-8-12-29(34)13-9-25/h6-15,33-35H,16-18H2,1-5H3. The molecule has 0 amide bonds. The lowest BCUT2D eigenvalue weighted by molar-refractivity contribution is 0.464. The van der Waals surface area contributed by atoms with Crippen LogP contribution in [0, 0.1) is 34.6 Å². The number of aryl methyl sites for hydroxylation is 2. The minimum atomic E-state index is 0.243. The van der Waals surface area contributed by atoms with Crippen LogP contribution in [-0.2, 0) is 19.3 Å². The lowest BCUT2D eigenvalue weighted by Gasteiger charge is -2.20. The summed E-state index contributed by atoms with van der Waals surface area (Å²) in [5.74, 6) is 0.880. The lowest BCUT2D eigenvalue weighted by Crippen LogP contribution is -2.06. The Morgan fingerprint density at radius 3 is 1.43 bits per heavy atom. The van der Waals surface area contributed by atoms with Gasteiger partial charge in [0.05, 0.1) is 0 Å². The third kappa shape index (κ3) is 5.19. The van der Waals surface area contributed by atoms with Crippen molar-refractivity contribution in [3.8, 4) is 17.2 Å². The molecule has 0 aliphatic rings. The minimum absolute atomic E-state index is 0.243. The molecule has 0 saturated carbocycles. The van der Waals surface area contributed by atoms with Crippen molar-refractivity contribution in [2.75, 3.05) is 0 Å². The maximum absolute atomic E-state index is 10.9. The predicted octanol–water partition coefficient (Wildman–Crippen LogP) is 7.12. The van der Waals surface area contributed by atoms with Crippen LogP contribution < -0.4 is 0 Å². The average Bonchev–Trinajstić information content (AvgIpc) is 2.83. The maximum atomic E-state index is 10.9. The first-order valence-electron chi connectivity index (χ1n) is 12.1. The summed E-state index contributed by atoms with van der Waals surface area (Å²) in [6.45, 7) is 10.6. The molecular weight excluding hydrogens is 432 g/mol. The molecule has 0 aliphatic carbocycles. The van der Waals surface area contributed by atoms with Gasteiger partial charge in [-0.3, -0.25) is 0 Å². The maximum Gasteiger partial charge on any atom is 0.122 e. The molecule has 4 aromatic rings. The lowest BCUT2D eigenvalue weighted by atomic mass is 9.85. The van der Waals surface area contributed by atoms with Crippen molar-refractivity contribution in [1.82, 2.24) is 0 Å². The van der Waals surface area contributed by atoms with Gasteiger partial charge < -0.3 is 15.3 Å². The topological polar surface area (TPSA) is 60.7 Å². The molecule has 0 spiro atoms. The Morgan fingerprint density at radius 2 is 0.914 bits per heavy atom. The van der Waals surface area contributed by atoms with Gasteiger partial charge >= 0.3 is 0 Å². The fourth-order valence-electron chi connectivity index (χ4n) is 4.93. The summed E-state index contributed by atoms with van der Waals surface area (Å²) in [6.07, 6.45) is 2.24. The largest absolute Gasteiger partial charge is 0.508 e. The first kappa shape index (κ1) is 24.4. The van der Waals surface area contributed by atoms with E-state index in [2.05, 4.69) is 39.8 Å². The Morgan fingerprint density at radius 1 is 0.486 bits per heavy atom. The number of hydrogen-bond donors (Lipinski definition) is 3. The molecule has 4 rings (SSSR count). The molecule has 0 aliphatic heterocycles. The average molecular weight is 467 g/mol. The van der Waals surface area contributed by atoms with E-state index >= 15 is 0 Å². The van der Waals surface area contributed by atoms with Crippen LogP contribution in [0.1, 0.15) is 61.2 Å². The van der Waals surface area contributed by atoms with Crippen LogP contribution in [0.4, 0.5) is 0 Å². The van der Waals surface area contributed by atoms with E-state index < -0.39 is 0 Å². The van der Waals surface area contributed by atoms with Crippen molar-refractivity contribution in [3.05, 3.63) is 122 Å². The van der Waals surface area contributed by atoms with Gasteiger partial charge in [-0.15, -0.1) is 0 Å². The van der Waals surface area contributed by atoms with Gasteiger partial charge in [-0.05, 0) is 127 Å². The normalized spacial score (nSPS) is 11.1. The van der Waals surface area contributed by atoms with Crippen molar-refractivity contribution in [2.24, 2.45) is 0 Å². The van der Waals surface area contributed by atoms with Crippen LogP contribution in [0.5, 0.6) is 17.2 Å². The van der Waals surface area contributed by atoms with Crippen LogP contribution in [-0.4, -0.2) is 15.3 Å². The van der Waals surface area contributed by atoms with E-state index in [-0.39, 0.29) is 11.5 Å². The first-order chi connectivity index (χ1) is 16.6. The molecule has 3 heteroatoms. The summed E-state index contributed by atoms with van der Waals surface area (Å²) in [7, 11) is 0. The Hall–Kier alpha value is -3.72. The second-order valence-corrected chi connectivity index (χ2v) is 9.75. The van der Waals surface area contributed by atoms with E-state index in [1.54, 1.807) is 24.3 Å². The summed E-state index contributed by atoms with van der Waals surface area (Å²) in [6, 6.07) is 19.0. The van der Waals surface area contributed by atoms with Crippen LogP contribution in [0.3, 0.4) is 0 Å². The Labute approximate surface area is 208 Å². The summed E-state index contributed by atoms with van der Waals surface area (Å²) >= 11 is 0. The zero-order chi connectivity index (χ0) is 25.3. The monoisotopic (exact) mass is 466 g/mol. The second-order valence-electron chi connectivity index (χ2n) is 9.75. The van der Waals surface area contributed by atoms with Gasteiger partial charge in [-0.1, -0.05) is 36.4 Å². The van der Waals surface area contributed by atoms with E-state index in [4.69, 9.17) is 0 Å². The summed E-state index contributed by atoms with van der Waals surface area (Å²) in [5.41, 5.74) is 12.9. The van der Waals surface area contributed by atoms with Crippen molar-refractivity contribution < 1.29 is 15.3 Å². The molecule has 0 atom stereocenters. The molecule has 0 heterocycles. The summed E-state index contributed by atoms with van der Waals surface area (Å²) in [4.78, 5) is 0. The zero-order valence-electron chi connectivity index (χ0n) is 21.2. The molecule has 4 aromatic carbocycles. The molecule has 180 valence electrons. The Kier molecular flexibility index (Phi) is 6.88. The molecule has 0 unspecified atom stereocenters. The van der Waals surface area contributed by atoms with Crippen LogP contribution >= 0.6 is 0 Å². The van der Waals surface area contributed by atoms with Crippen LogP contribution in [0.15, 0.2) is 60.7 Å². The highest BCUT2D eigenvalue weighted by atomic mass is 16.3. The Bertz CT molecular complexity index is 1260. The number of benzene rings is 4. The molecule has 35 heavy (non-hydrogen) atoms. The zero-order valence-corrected chi connectivity index (χ0v) is 21.2. The molecule has 3 N–H and O–H groups in total. The highest BCUT2D eigenvalue weighted by Crippen LogP contribution is 2.34. The van der Waals surface area contributed by atoms with Gasteiger partial charge in [-0.25, -0.2) is 0 Å². The van der Waals surface area contributed by atoms with E-state index in [0.717, 1.165) is 35.1 Å². The number of phenolic OH excluding ortho intramolecular Hbond substituents is 3. The number of rotatable bonds is 6. The van der Waals surface area contributed by atoms with Gasteiger partial charge in [-0.2, -0.15) is 0 Å². The molecule has 0 fully saturated rings. The van der Waals surface area contributed by atoms with Crippen molar-refractivity contribution in [2.45, 2.75) is 53.9 Å². The minimum Gasteiger partial charge on any atom is -0.508 e. The van der Waals surface area contributed by atoms with Gasteiger partial charge in [0.1, 0.15) is 17.2 Å². The Balaban J connectivity index is 1.71. The third-order valence-corrected chi connectivity index (χ3v) is 7.37. The van der Waals surface area contributed by atoms with Gasteiger partial charge in [0.15, 0.2) is 0 Å². The number of aromatic hydroxyl groups is 3. The molecule has 0 saturated heterocycles. The van der Waals surface area contributed by atoms with Gasteiger partial charge in [0.2, 0.25) is 0 Å². The van der Waals surface area contributed by atoms with Gasteiger partial charge in [0, 0.05) is 12.0 Å². The molecular formula is C32H34O3. The number of hydrogen-bond acceptors (Lipinski definition) is 3. The van der Waals surface area contributed by atoms with Crippen molar-refractivity contribution in [3.63, 3.8) is 0 Å². The van der Waals surface area contributed by atoms with E-state index in [1.165, 1.54) is 38.9 Å². The van der Waals surface area contributed by atoms with Crippen molar-refractivity contribution >= 4 is 0 Å². The predicted molar refractivity (Wildman–Crippen MR) is 143 cm³/mol. The summed E-state index contributed by atoms with van der Waals surface area (Å²) in [5, 5.41) is 30.2. The molecule has 0 bridgehead atoms. The first-order valence-corrected chi connectivity index (χ1v) is 12.1. The fourth-order valence-corrected chi connectivity index (χ4v) is 4.93. The highest BCUT2D eigenvalue weighted by Gasteiger charge is 2.17. The van der Waals surface area contributed by atoms with Crippen molar-refractivity contribution in [1.29, 1.82) is 0 Å². The smallest absolute Gasteiger partial charge is 0.122 e. The highest BCUT2D eigenvalue weighted by molar-refractivity contribution is 5.54. The van der Waals surface area contributed by atoms with Gasteiger partial charge in [0.25, 0.3) is 0 Å². The van der Waals surface area contributed by atoms with Crippen LogP contribution in [0.2, 0.25) is 0 Å². The van der Waals surface area contributed by atoms with E-state index in [0.29, 0.717) is 12.2 Å². The third-order valence-electron chi connectivity index (χ3n) is 7.37. The fraction of sp³-hybridized carbons (Fsp3) is 0.250. The SMILES string of the molecule is Cc1cc(Cc2cc(C)c(O)c(Cc3ccc(O)cc3)c2C)c(C)c(Cc2ccc(O)cc2)c1C. The molecule has 3 nitrogen and oxygen atoms in total. The van der Waals surface area contributed by atoms with Crippen LogP contribution in [0.25, 0.3) is 0 Å². The number of phenols is 3.